The summed E-state index contributed by atoms with van der Waals surface area (Å²) in [5, 5.41) is 5.08. The summed E-state index contributed by atoms with van der Waals surface area (Å²) >= 11 is 2.95. The van der Waals surface area contributed by atoms with E-state index in [9.17, 15) is 4.79 Å². The van der Waals surface area contributed by atoms with Crippen molar-refractivity contribution < 1.29 is 9.53 Å². The van der Waals surface area contributed by atoms with Crippen molar-refractivity contribution in [3.63, 3.8) is 0 Å². The molecule has 0 aliphatic heterocycles. The molecule has 0 bridgehead atoms. The lowest BCUT2D eigenvalue weighted by molar-refractivity contribution is 0.102. The number of benzene rings is 2. The molecule has 6 rings (SSSR count). The molecule has 0 aliphatic carbocycles. The van der Waals surface area contributed by atoms with Gasteiger partial charge >= 0.3 is 0 Å². The molecule has 0 spiro atoms. The number of aromatic nitrogens is 4. The molecule has 9 heteroatoms. The number of carbonyl (C=O) groups is 1. The molecule has 2 aromatic carbocycles. The van der Waals surface area contributed by atoms with Gasteiger partial charge in [0.25, 0.3) is 5.91 Å². The Morgan fingerprint density at radius 2 is 1.79 bits per heavy atom. The molecule has 0 radical (unpaired) electrons. The summed E-state index contributed by atoms with van der Waals surface area (Å²) in [6, 6.07) is 15.5. The summed E-state index contributed by atoms with van der Waals surface area (Å²) < 4.78 is 9.18. The maximum atomic E-state index is 13.3. The van der Waals surface area contributed by atoms with Crippen molar-refractivity contribution in [1.29, 1.82) is 0 Å². The van der Waals surface area contributed by atoms with Gasteiger partial charge in [0.2, 0.25) is 0 Å². The van der Waals surface area contributed by atoms with Gasteiger partial charge in [-0.1, -0.05) is 29.5 Å². The van der Waals surface area contributed by atoms with Crippen LogP contribution in [0.1, 0.15) is 15.4 Å². The number of amides is 1. The van der Waals surface area contributed by atoms with E-state index in [1.807, 2.05) is 88.2 Å². The van der Waals surface area contributed by atoms with Crippen LogP contribution in [0.2, 0.25) is 0 Å². The van der Waals surface area contributed by atoms with Crippen LogP contribution in [-0.4, -0.2) is 31.8 Å². The summed E-state index contributed by atoms with van der Waals surface area (Å²) in [4.78, 5) is 25.0. The minimum Gasteiger partial charge on any atom is -0.497 e. The number of rotatable bonds is 5. The third kappa shape index (κ3) is 3.46. The summed E-state index contributed by atoms with van der Waals surface area (Å²) in [6.07, 6.45) is 5.91. The van der Waals surface area contributed by atoms with Crippen LogP contribution in [0.15, 0.2) is 72.5 Å². The number of carbonyl (C=O) groups excluding carboxylic acids is 1. The first-order valence-corrected chi connectivity index (χ1v) is 12.3. The third-order valence-corrected chi connectivity index (χ3v) is 7.62. The van der Waals surface area contributed by atoms with E-state index >= 15 is 0 Å². The summed E-state index contributed by atoms with van der Waals surface area (Å²) in [5.74, 6) is 0.642. The van der Waals surface area contributed by atoms with Gasteiger partial charge in [0.1, 0.15) is 10.6 Å². The topological polar surface area (TPSA) is 72.9 Å². The molecule has 6 aromatic rings. The first kappa shape index (κ1) is 20.6. The number of hydrogen-bond acceptors (Lipinski definition) is 6. The fraction of sp³-hybridized carbons (Fsp3) is 0.0800. The molecule has 0 atom stereocenters. The number of nitrogens with one attached hydrogen (secondary N) is 1. The predicted octanol–water partition coefficient (Wildman–Crippen LogP) is 6.01. The Bertz CT molecular complexity index is 1630. The second kappa shape index (κ2) is 8.12. The van der Waals surface area contributed by atoms with Crippen molar-refractivity contribution in [2.75, 3.05) is 12.4 Å². The molecule has 1 amide bonds. The Labute approximate surface area is 202 Å². The molecular weight excluding hydrogens is 466 g/mol. The van der Waals surface area contributed by atoms with E-state index < -0.39 is 0 Å². The molecule has 0 unspecified atom stereocenters. The van der Waals surface area contributed by atoms with Crippen molar-refractivity contribution in [1.82, 2.24) is 18.8 Å². The maximum Gasteiger partial charge on any atom is 0.267 e. The zero-order chi connectivity index (χ0) is 23.2. The van der Waals surface area contributed by atoms with Gasteiger partial charge < -0.3 is 10.1 Å². The highest BCUT2D eigenvalue weighted by molar-refractivity contribution is 7.19. The van der Waals surface area contributed by atoms with Gasteiger partial charge in [0, 0.05) is 40.8 Å². The van der Waals surface area contributed by atoms with Crippen LogP contribution in [0.3, 0.4) is 0 Å². The molecule has 34 heavy (non-hydrogen) atoms. The monoisotopic (exact) mass is 485 g/mol. The van der Waals surface area contributed by atoms with E-state index in [1.54, 1.807) is 18.4 Å². The summed E-state index contributed by atoms with van der Waals surface area (Å²) in [5.41, 5.74) is 5.13. The number of fused-ring (bicyclic) bond motifs is 2. The minimum atomic E-state index is -0.160. The van der Waals surface area contributed by atoms with Crippen LogP contribution in [-0.2, 0) is 0 Å². The second-order valence-corrected chi connectivity index (χ2v) is 9.59. The number of nitrogens with zero attached hydrogens (tertiary/aromatic N) is 4. The second-order valence-electron chi connectivity index (χ2n) is 7.74. The maximum absolute atomic E-state index is 13.3. The van der Waals surface area contributed by atoms with Gasteiger partial charge in [0.15, 0.2) is 9.92 Å². The Morgan fingerprint density at radius 3 is 2.56 bits per heavy atom. The zero-order valence-corrected chi connectivity index (χ0v) is 20.0. The molecule has 0 fully saturated rings. The number of ether oxygens (including phenoxy) is 1. The predicted molar refractivity (Wildman–Crippen MR) is 136 cm³/mol. The molecular formula is C25H19N5O2S2. The van der Waals surface area contributed by atoms with Crippen molar-refractivity contribution in [2.24, 2.45) is 0 Å². The van der Waals surface area contributed by atoms with Crippen LogP contribution in [0.4, 0.5) is 5.69 Å². The highest BCUT2D eigenvalue weighted by atomic mass is 32.1. The fourth-order valence-corrected chi connectivity index (χ4v) is 5.62. The van der Waals surface area contributed by atoms with Crippen molar-refractivity contribution >= 4 is 44.2 Å². The lowest BCUT2D eigenvalue weighted by Crippen LogP contribution is -2.12. The lowest BCUT2D eigenvalue weighted by atomic mass is 10.1. The van der Waals surface area contributed by atoms with Gasteiger partial charge in [-0.3, -0.25) is 13.6 Å². The molecule has 0 saturated heterocycles. The Balaban J connectivity index is 1.30. The third-order valence-electron chi connectivity index (χ3n) is 5.69. The van der Waals surface area contributed by atoms with Gasteiger partial charge in [-0.25, -0.2) is 9.97 Å². The smallest absolute Gasteiger partial charge is 0.267 e. The zero-order valence-electron chi connectivity index (χ0n) is 18.4. The van der Waals surface area contributed by atoms with E-state index in [-0.39, 0.29) is 5.91 Å². The van der Waals surface area contributed by atoms with E-state index in [0.29, 0.717) is 4.88 Å². The van der Waals surface area contributed by atoms with Gasteiger partial charge in [-0.2, -0.15) is 0 Å². The van der Waals surface area contributed by atoms with Crippen LogP contribution in [0.25, 0.3) is 32.4 Å². The fourth-order valence-electron chi connectivity index (χ4n) is 3.91. The molecule has 0 saturated carbocycles. The number of methoxy groups -OCH3 is 1. The van der Waals surface area contributed by atoms with Crippen LogP contribution >= 0.6 is 22.7 Å². The normalized spacial score (nSPS) is 11.4. The standard InChI is InChI=1S/C25H19N5O2S2/c1-15-22(34-25-27-20(14-30(15)25)16-7-9-17(32-2)10-8-16)23(31)26-19-6-4-3-5-18(19)21-13-29-11-12-33-24(29)28-21/h3-14H,1-2H3,(H,26,31). The van der Waals surface area contributed by atoms with E-state index in [0.717, 1.165) is 49.6 Å². The quantitative estimate of drug-likeness (QED) is 0.325. The SMILES string of the molecule is COc1ccc(-c2cn3c(C)c(C(=O)Nc4ccccc4-c4cn5ccsc5n4)sc3n2)cc1. The molecule has 0 aliphatic rings. The summed E-state index contributed by atoms with van der Waals surface area (Å²) in [7, 11) is 1.65. The number of anilines is 1. The van der Waals surface area contributed by atoms with Crippen molar-refractivity contribution in [3.8, 4) is 28.3 Å². The molecule has 7 nitrogen and oxygen atoms in total. The van der Waals surface area contributed by atoms with Crippen molar-refractivity contribution in [2.45, 2.75) is 6.92 Å². The lowest BCUT2D eigenvalue weighted by Gasteiger charge is -2.09. The van der Waals surface area contributed by atoms with Crippen LogP contribution in [0, 0.1) is 6.92 Å². The van der Waals surface area contributed by atoms with E-state index in [1.165, 1.54) is 11.3 Å². The number of imidazole rings is 2. The average Bonchev–Trinajstić information content (AvgIpc) is 3.61. The molecule has 1 N–H and O–H groups in total. The van der Waals surface area contributed by atoms with Gasteiger partial charge in [-0.15, -0.1) is 11.3 Å². The van der Waals surface area contributed by atoms with Crippen molar-refractivity contribution in [3.05, 3.63) is 83.1 Å². The number of hydrogen-bond donors (Lipinski definition) is 1. The minimum absolute atomic E-state index is 0.160. The molecule has 168 valence electrons. The first-order valence-electron chi connectivity index (χ1n) is 10.6. The Kier molecular flexibility index (Phi) is 4.93. The van der Waals surface area contributed by atoms with E-state index in [2.05, 4.69) is 10.3 Å². The highest BCUT2D eigenvalue weighted by Crippen LogP contribution is 2.31. The largest absolute Gasteiger partial charge is 0.497 e. The van der Waals surface area contributed by atoms with E-state index in [4.69, 9.17) is 9.72 Å². The van der Waals surface area contributed by atoms with Crippen LogP contribution in [0.5, 0.6) is 5.75 Å². The van der Waals surface area contributed by atoms with Crippen LogP contribution < -0.4 is 10.1 Å². The summed E-state index contributed by atoms with van der Waals surface area (Å²) in [6.45, 7) is 1.94. The number of aryl methyl sites for hydroxylation is 1. The van der Waals surface area contributed by atoms with Gasteiger partial charge in [0.05, 0.1) is 24.2 Å². The Morgan fingerprint density at radius 1 is 1.00 bits per heavy atom. The molecule has 4 aromatic heterocycles. The number of thiazole rings is 2. The highest BCUT2D eigenvalue weighted by Gasteiger charge is 2.20. The molecule has 4 heterocycles. The first-order chi connectivity index (χ1) is 16.6. The Hall–Kier alpha value is -3.95. The number of para-hydroxylation sites is 1. The van der Waals surface area contributed by atoms with Gasteiger partial charge in [-0.05, 0) is 37.3 Å². The average molecular weight is 486 g/mol.